The summed E-state index contributed by atoms with van der Waals surface area (Å²) in [5.41, 5.74) is 1.28. The molecule has 76 valence electrons. The number of carbonyl (C=O) groups is 1. The van der Waals surface area contributed by atoms with Crippen LogP contribution in [0.1, 0.15) is 41.4 Å². The standard InChI is InChI=1S/C11H11N3O/c15-7-9-5-2-6-14-11(9)12-10(13-14)8-3-1-4-8/h2,5-8H,1,3-4H2. The number of hydrogen-bond donors (Lipinski definition) is 0. The summed E-state index contributed by atoms with van der Waals surface area (Å²) in [6.45, 7) is 0. The molecule has 0 amide bonds. The summed E-state index contributed by atoms with van der Waals surface area (Å²) in [4.78, 5) is 15.2. The average Bonchev–Trinajstić information content (AvgIpc) is 2.57. The fourth-order valence-corrected chi connectivity index (χ4v) is 1.87. The lowest BCUT2D eigenvalue weighted by molar-refractivity contribution is 0.112. The van der Waals surface area contributed by atoms with Crippen molar-refractivity contribution in [1.29, 1.82) is 0 Å². The smallest absolute Gasteiger partial charge is 0.166 e. The zero-order valence-electron chi connectivity index (χ0n) is 8.26. The van der Waals surface area contributed by atoms with Crippen molar-refractivity contribution in [3.63, 3.8) is 0 Å². The number of fused-ring (bicyclic) bond motifs is 1. The molecule has 0 bridgehead atoms. The number of pyridine rings is 1. The van der Waals surface area contributed by atoms with Gasteiger partial charge in [0.15, 0.2) is 17.8 Å². The highest BCUT2D eigenvalue weighted by Crippen LogP contribution is 2.34. The molecule has 2 aromatic heterocycles. The molecule has 1 saturated carbocycles. The quantitative estimate of drug-likeness (QED) is 0.696. The second-order valence-corrected chi connectivity index (χ2v) is 3.95. The fourth-order valence-electron chi connectivity index (χ4n) is 1.87. The van der Waals surface area contributed by atoms with Gasteiger partial charge in [0.05, 0.1) is 5.56 Å². The average molecular weight is 201 g/mol. The van der Waals surface area contributed by atoms with E-state index in [1.165, 1.54) is 19.3 Å². The van der Waals surface area contributed by atoms with E-state index in [-0.39, 0.29) is 0 Å². The minimum absolute atomic E-state index is 0.504. The number of carbonyl (C=O) groups excluding carboxylic acids is 1. The van der Waals surface area contributed by atoms with Gasteiger partial charge in [-0.2, -0.15) is 5.10 Å². The molecular formula is C11H11N3O. The Hall–Kier alpha value is -1.71. The van der Waals surface area contributed by atoms with Crippen molar-refractivity contribution in [3.05, 3.63) is 29.7 Å². The largest absolute Gasteiger partial charge is 0.298 e. The third-order valence-electron chi connectivity index (χ3n) is 3.01. The van der Waals surface area contributed by atoms with E-state index in [4.69, 9.17) is 0 Å². The summed E-state index contributed by atoms with van der Waals surface area (Å²) in [5, 5.41) is 4.39. The third kappa shape index (κ3) is 1.25. The van der Waals surface area contributed by atoms with Crippen molar-refractivity contribution in [3.8, 4) is 0 Å². The zero-order chi connectivity index (χ0) is 10.3. The minimum Gasteiger partial charge on any atom is -0.298 e. The molecular weight excluding hydrogens is 190 g/mol. The van der Waals surface area contributed by atoms with Crippen LogP contribution in [0.3, 0.4) is 0 Å². The zero-order valence-corrected chi connectivity index (χ0v) is 8.26. The molecule has 0 N–H and O–H groups in total. The molecule has 1 fully saturated rings. The van der Waals surface area contributed by atoms with Crippen LogP contribution in [0.4, 0.5) is 0 Å². The Balaban J connectivity index is 2.15. The minimum atomic E-state index is 0.504. The maximum atomic E-state index is 10.8. The molecule has 2 aromatic rings. The molecule has 0 unspecified atom stereocenters. The van der Waals surface area contributed by atoms with Gasteiger partial charge in [0.25, 0.3) is 0 Å². The second-order valence-electron chi connectivity index (χ2n) is 3.95. The van der Waals surface area contributed by atoms with Crippen LogP contribution in [0.5, 0.6) is 0 Å². The molecule has 4 heteroatoms. The molecule has 0 saturated heterocycles. The highest BCUT2D eigenvalue weighted by Gasteiger charge is 2.24. The molecule has 0 spiro atoms. The molecule has 0 aliphatic heterocycles. The second kappa shape index (κ2) is 3.15. The van der Waals surface area contributed by atoms with Gasteiger partial charge in [0.1, 0.15) is 0 Å². The van der Waals surface area contributed by atoms with Crippen molar-refractivity contribution < 1.29 is 4.79 Å². The molecule has 0 aromatic carbocycles. The van der Waals surface area contributed by atoms with E-state index >= 15 is 0 Å². The van der Waals surface area contributed by atoms with Crippen molar-refractivity contribution in [2.45, 2.75) is 25.2 Å². The summed E-state index contributed by atoms with van der Waals surface area (Å²) < 4.78 is 1.69. The Morgan fingerprint density at radius 3 is 3.00 bits per heavy atom. The van der Waals surface area contributed by atoms with Gasteiger partial charge in [-0.05, 0) is 25.0 Å². The Morgan fingerprint density at radius 1 is 1.47 bits per heavy atom. The van der Waals surface area contributed by atoms with Crippen LogP contribution in [0.15, 0.2) is 18.3 Å². The highest BCUT2D eigenvalue weighted by atomic mass is 16.1. The number of rotatable bonds is 2. The monoisotopic (exact) mass is 201 g/mol. The Kier molecular flexibility index (Phi) is 1.80. The van der Waals surface area contributed by atoms with Crippen molar-refractivity contribution in [2.75, 3.05) is 0 Å². The topological polar surface area (TPSA) is 47.3 Å². The van der Waals surface area contributed by atoms with E-state index < -0.39 is 0 Å². The van der Waals surface area contributed by atoms with Crippen LogP contribution in [0.2, 0.25) is 0 Å². The van der Waals surface area contributed by atoms with Crippen LogP contribution in [-0.4, -0.2) is 20.9 Å². The van der Waals surface area contributed by atoms with Gasteiger partial charge in [-0.25, -0.2) is 9.50 Å². The van der Waals surface area contributed by atoms with E-state index in [0.717, 1.165) is 12.1 Å². The first kappa shape index (κ1) is 8.59. The molecule has 0 atom stereocenters. The molecule has 1 aliphatic rings. The molecule has 15 heavy (non-hydrogen) atoms. The van der Waals surface area contributed by atoms with Crippen LogP contribution in [0, 0.1) is 0 Å². The SMILES string of the molecule is O=Cc1cccn2nc(C3CCC3)nc12. The van der Waals surface area contributed by atoms with Gasteiger partial charge in [0.2, 0.25) is 0 Å². The van der Waals surface area contributed by atoms with Crippen LogP contribution in [-0.2, 0) is 0 Å². The summed E-state index contributed by atoms with van der Waals surface area (Å²) in [6.07, 6.45) is 6.27. The van der Waals surface area contributed by atoms with E-state index in [2.05, 4.69) is 10.1 Å². The predicted octanol–water partition coefficient (Wildman–Crippen LogP) is 1.81. The first-order valence-electron chi connectivity index (χ1n) is 5.19. The maximum Gasteiger partial charge on any atom is 0.166 e. The summed E-state index contributed by atoms with van der Waals surface area (Å²) in [7, 11) is 0. The third-order valence-corrected chi connectivity index (χ3v) is 3.01. The van der Waals surface area contributed by atoms with E-state index in [0.29, 0.717) is 17.1 Å². The summed E-state index contributed by atoms with van der Waals surface area (Å²) in [6, 6.07) is 3.58. The summed E-state index contributed by atoms with van der Waals surface area (Å²) in [5.74, 6) is 1.39. The van der Waals surface area contributed by atoms with Crippen molar-refractivity contribution >= 4 is 11.9 Å². The molecule has 2 heterocycles. The lowest BCUT2D eigenvalue weighted by Gasteiger charge is -2.21. The van der Waals surface area contributed by atoms with Gasteiger partial charge in [-0.15, -0.1) is 0 Å². The highest BCUT2D eigenvalue weighted by molar-refractivity contribution is 5.83. The first-order chi connectivity index (χ1) is 7.38. The lowest BCUT2D eigenvalue weighted by Crippen LogP contribution is -2.10. The Morgan fingerprint density at radius 2 is 2.33 bits per heavy atom. The van der Waals surface area contributed by atoms with E-state index in [1.54, 1.807) is 10.6 Å². The fraction of sp³-hybridized carbons (Fsp3) is 0.364. The Bertz CT molecular complexity index is 514. The van der Waals surface area contributed by atoms with E-state index in [1.807, 2.05) is 12.3 Å². The van der Waals surface area contributed by atoms with Crippen LogP contribution < -0.4 is 0 Å². The normalized spacial score (nSPS) is 16.5. The number of hydrogen-bond acceptors (Lipinski definition) is 3. The predicted molar refractivity (Wildman–Crippen MR) is 55.0 cm³/mol. The van der Waals surface area contributed by atoms with E-state index in [9.17, 15) is 4.79 Å². The van der Waals surface area contributed by atoms with Crippen molar-refractivity contribution in [2.24, 2.45) is 0 Å². The maximum absolute atomic E-state index is 10.8. The van der Waals surface area contributed by atoms with Gasteiger partial charge >= 0.3 is 0 Å². The van der Waals surface area contributed by atoms with Gasteiger partial charge < -0.3 is 0 Å². The van der Waals surface area contributed by atoms with Crippen LogP contribution in [0.25, 0.3) is 5.65 Å². The number of aldehydes is 1. The summed E-state index contributed by atoms with van der Waals surface area (Å²) >= 11 is 0. The Labute approximate surface area is 86.9 Å². The number of aromatic nitrogens is 3. The van der Waals surface area contributed by atoms with Gasteiger partial charge in [-0.3, -0.25) is 4.79 Å². The molecule has 1 aliphatic carbocycles. The molecule has 0 radical (unpaired) electrons. The van der Waals surface area contributed by atoms with Gasteiger partial charge in [0, 0.05) is 12.1 Å². The number of nitrogens with zero attached hydrogens (tertiary/aromatic N) is 3. The van der Waals surface area contributed by atoms with Crippen LogP contribution >= 0.6 is 0 Å². The van der Waals surface area contributed by atoms with Gasteiger partial charge in [-0.1, -0.05) is 6.42 Å². The lowest BCUT2D eigenvalue weighted by atomic mass is 9.85. The first-order valence-corrected chi connectivity index (χ1v) is 5.19. The molecule has 4 nitrogen and oxygen atoms in total. The molecule has 3 rings (SSSR count). The van der Waals surface area contributed by atoms with Crippen molar-refractivity contribution in [1.82, 2.24) is 14.6 Å².